The Morgan fingerprint density at radius 3 is 2.80 bits per heavy atom. The normalized spacial score (nSPS) is 12.6. The maximum atomic E-state index is 6.07. The van der Waals surface area contributed by atoms with Crippen molar-refractivity contribution in [3.8, 4) is 0 Å². The van der Waals surface area contributed by atoms with Crippen molar-refractivity contribution in [3.05, 3.63) is 52.5 Å². The fraction of sp³-hybridized carbons (Fsp3) is 0.250. The molecular formula is C12H14N2S. The molecule has 1 atom stereocenters. The summed E-state index contributed by atoms with van der Waals surface area (Å²) in [5, 5.41) is 4.25. The van der Waals surface area contributed by atoms with Gasteiger partial charge in [0.1, 0.15) is 0 Å². The van der Waals surface area contributed by atoms with Crippen LogP contribution in [-0.4, -0.2) is 11.0 Å². The first-order chi connectivity index (χ1) is 7.34. The van der Waals surface area contributed by atoms with Crippen molar-refractivity contribution in [2.24, 2.45) is 5.73 Å². The van der Waals surface area contributed by atoms with Gasteiger partial charge in [-0.05, 0) is 46.9 Å². The van der Waals surface area contributed by atoms with Gasteiger partial charge in [-0.3, -0.25) is 4.98 Å². The van der Waals surface area contributed by atoms with Gasteiger partial charge in [0, 0.05) is 18.4 Å². The van der Waals surface area contributed by atoms with Crippen LogP contribution in [-0.2, 0) is 12.8 Å². The number of pyridine rings is 1. The first-order valence-corrected chi connectivity index (χ1v) is 5.94. The summed E-state index contributed by atoms with van der Waals surface area (Å²) in [6, 6.07) is 6.34. The van der Waals surface area contributed by atoms with Crippen molar-refractivity contribution in [2.75, 3.05) is 0 Å². The average Bonchev–Trinajstić information content (AvgIpc) is 2.71. The molecule has 0 fully saturated rings. The maximum Gasteiger partial charge on any atom is 0.0300 e. The average molecular weight is 218 g/mol. The Hall–Kier alpha value is -1.19. The molecule has 3 heteroatoms. The van der Waals surface area contributed by atoms with Gasteiger partial charge >= 0.3 is 0 Å². The topological polar surface area (TPSA) is 38.9 Å². The second-order valence-electron chi connectivity index (χ2n) is 3.66. The van der Waals surface area contributed by atoms with Crippen molar-refractivity contribution in [2.45, 2.75) is 18.9 Å². The van der Waals surface area contributed by atoms with Crippen LogP contribution in [0.25, 0.3) is 0 Å². The van der Waals surface area contributed by atoms with E-state index in [0.29, 0.717) is 0 Å². The lowest BCUT2D eigenvalue weighted by atomic mass is 10.0. The summed E-state index contributed by atoms with van der Waals surface area (Å²) < 4.78 is 0. The van der Waals surface area contributed by atoms with E-state index in [1.165, 1.54) is 11.1 Å². The Bertz CT molecular complexity index is 383. The highest BCUT2D eigenvalue weighted by Crippen LogP contribution is 2.10. The van der Waals surface area contributed by atoms with E-state index in [-0.39, 0.29) is 6.04 Å². The molecule has 0 aromatic carbocycles. The first-order valence-electron chi connectivity index (χ1n) is 5.00. The van der Waals surface area contributed by atoms with Gasteiger partial charge in [-0.2, -0.15) is 11.3 Å². The molecule has 2 aromatic heterocycles. The maximum absolute atomic E-state index is 6.07. The summed E-state index contributed by atoms with van der Waals surface area (Å²) in [5.74, 6) is 0. The molecule has 0 amide bonds. The van der Waals surface area contributed by atoms with E-state index in [9.17, 15) is 0 Å². The van der Waals surface area contributed by atoms with Gasteiger partial charge in [0.2, 0.25) is 0 Å². The number of rotatable bonds is 4. The summed E-state index contributed by atoms with van der Waals surface area (Å²) >= 11 is 1.72. The zero-order chi connectivity index (χ0) is 10.5. The van der Waals surface area contributed by atoms with E-state index in [2.05, 4.69) is 27.9 Å². The van der Waals surface area contributed by atoms with Crippen molar-refractivity contribution in [1.29, 1.82) is 0 Å². The minimum absolute atomic E-state index is 0.184. The monoisotopic (exact) mass is 218 g/mol. The minimum atomic E-state index is 0.184. The van der Waals surface area contributed by atoms with Crippen LogP contribution < -0.4 is 5.73 Å². The van der Waals surface area contributed by atoms with E-state index in [1.54, 1.807) is 17.5 Å². The molecule has 0 saturated heterocycles. The lowest BCUT2D eigenvalue weighted by Gasteiger charge is -2.09. The quantitative estimate of drug-likeness (QED) is 0.855. The lowest BCUT2D eigenvalue weighted by molar-refractivity contribution is 0.664. The summed E-state index contributed by atoms with van der Waals surface area (Å²) in [6.45, 7) is 0. The van der Waals surface area contributed by atoms with Gasteiger partial charge in [-0.25, -0.2) is 0 Å². The summed E-state index contributed by atoms with van der Waals surface area (Å²) in [4.78, 5) is 4.08. The van der Waals surface area contributed by atoms with Gasteiger partial charge in [-0.1, -0.05) is 6.07 Å². The molecule has 0 saturated carbocycles. The highest BCUT2D eigenvalue weighted by Gasteiger charge is 2.05. The number of nitrogens with zero attached hydrogens (tertiary/aromatic N) is 1. The van der Waals surface area contributed by atoms with Gasteiger partial charge in [0.05, 0.1) is 0 Å². The predicted octanol–water partition coefficient (Wildman–Crippen LogP) is 2.26. The van der Waals surface area contributed by atoms with Crippen LogP contribution in [0.1, 0.15) is 11.1 Å². The molecule has 0 aliphatic rings. The highest BCUT2D eigenvalue weighted by molar-refractivity contribution is 7.07. The molecule has 0 aliphatic heterocycles. The number of thiophene rings is 1. The standard InChI is InChI=1S/C12H14N2S/c13-12(7-11-3-5-15-9-11)6-10-2-1-4-14-8-10/h1-5,8-9,12H,6-7,13H2. The molecule has 2 rings (SSSR count). The van der Waals surface area contributed by atoms with Gasteiger partial charge in [0.15, 0.2) is 0 Å². The Morgan fingerprint density at radius 1 is 1.27 bits per heavy atom. The Balaban J connectivity index is 1.90. The molecule has 2 aromatic rings. The van der Waals surface area contributed by atoms with Crippen molar-refractivity contribution in [1.82, 2.24) is 4.98 Å². The molecule has 1 unspecified atom stereocenters. The third-order valence-electron chi connectivity index (χ3n) is 2.30. The molecule has 2 heterocycles. The largest absolute Gasteiger partial charge is 0.327 e. The SMILES string of the molecule is NC(Cc1cccnc1)Cc1ccsc1. The highest BCUT2D eigenvalue weighted by atomic mass is 32.1. The molecule has 0 bridgehead atoms. The molecule has 2 N–H and O–H groups in total. The lowest BCUT2D eigenvalue weighted by Crippen LogP contribution is -2.25. The fourth-order valence-corrected chi connectivity index (χ4v) is 2.29. The molecule has 0 aliphatic carbocycles. The van der Waals surface area contributed by atoms with E-state index in [4.69, 9.17) is 5.73 Å². The van der Waals surface area contributed by atoms with Crippen LogP contribution in [0.2, 0.25) is 0 Å². The Labute approximate surface area is 93.8 Å². The number of aromatic nitrogens is 1. The second-order valence-corrected chi connectivity index (χ2v) is 4.44. The summed E-state index contributed by atoms with van der Waals surface area (Å²) in [6.07, 6.45) is 5.50. The molecular weight excluding hydrogens is 204 g/mol. The molecule has 2 nitrogen and oxygen atoms in total. The third-order valence-corrected chi connectivity index (χ3v) is 3.03. The van der Waals surface area contributed by atoms with Crippen molar-refractivity contribution >= 4 is 11.3 Å². The zero-order valence-corrected chi connectivity index (χ0v) is 9.28. The minimum Gasteiger partial charge on any atom is -0.327 e. The van der Waals surface area contributed by atoms with E-state index < -0.39 is 0 Å². The number of nitrogens with two attached hydrogens (primary N) is 1. The van der Waals surface area contributed by atoms with Gasteiger partial charge in [-0.15, -0.1) is 0 Å². The van der Waals surface area contributed by atoms with Crippen LogP contribution in [0.4, 0.5) is 0 Å². The van der Waals surface area contributed by atoms with Crippen LogP contribution in [0.5, 0.6) is 0 Å². The Kier molecular flexibility index (Phi) is 3.48. The summed E-state index contributed by atoms with van der Waals surface area (Å²) in [7, 11) is 0. The van der Waals surface area contributed by atoms with E-state index in [1.807, 2.05) is 12.3 Å². The van der Waals surface area contributed by atoms with E-state index >= 15 is 0 Å². The van der Waals surface area contributed by atoms with Crippen LogP contribution in [0.3, 0.4) is 0 Å². The van der Waals surface area contributed by atoms with E-state index in [0.717, 1.165) is 12.8 Å². The molecule has 78 valence electrons. The van der Waals surface area contributed by atoms with Gasteiger partial charge < -0.3 is 5.73 Å². The predicted molar refractivity (Wildman–Crippen MR) is 63.9 cm³/mol. The number of hydrogen-bond acceptors (Lipinski definition) is 3. The van der Waals surface area contributed by atoms with Crippen molar-refractivity contribution < 1.29 is 0 Å². The smallest absolute Gasteiger partial charge is 0.0300 e. The second kappa shape index (κ2) is 5.05. The third kappa shape index (κ3) is 3.15. The zero-order valence-electron chi connectivity index (χ0n) is 8.47. The van der Waals surface area contributed by atoms with Gasteiger partial charge in [0.25, 0.3) is 0 Å². The van der Waals surface area contributed by atoms with Crippen molar-refractivity contribution in [3.63, 3.8) is 0 Å². The summed E-state index contributed by atoms with van der Waals surface area (Å²) in [5.41, 5.74) is 8.61. The molecule has 0 radical (unpaired) electrons. The molecule has 0 spiro atoms. The Morgan fingerprint density at radius 2 is 2.13 bits per heavy atom. The van der Waals surface area contributed by atoms with Crippen LogP contribution in [0, 0.1) is 0 Å². The van der Waals surface area contributed by atoms with Crippen LogP contribution >= 0.6 is 11.3 Å². The number of hydrogen-bond donors (Lipinski definition) is 1. The first kappa shape index (κ1) is 10.3. The molecule has 15 heavy (non-hydrogen) atoms. The fourth-order valence-electron chi connectivity index (χ4n) is 1.61. The van der Waals surface area contributed by atoms with Crippen LogP contribution in [0.15, 0.2) is 41.4 Å².